The number of nitrogens with one attached hydrogen (secondary N) is 1. The Balaban J connectivity index is 2.11. The molecule has 7 nitrogen and oxygen atoms in total. The third-order valence-corrected chi connectivity index (χ3v) is 2.76. The van der Waals surface area contributed by atoms with Crippen molar-refractivity contribution in [2.45, 2.75) is 6.42 Å². The van der Waals surface area contributed by atoms with Gasteiger partial charge in [-0.25, -0.2) is 9.49 Å². The van der Waals surface area contributed by atoms with Gasteiger partial charge in [-0.15, -0.1) is 0 Å². The van der Waals surface area contributed by atoms with Crippen molar-refractivity contribution >= 4 is 23.9 Å². The van der Waals surface area contributed by atoms with E-state index < -0.39 is 11.9 Å². The number of aliphatic carboxylic acids is 1. The van der Waals surface area contributed by atoms with E-state index in [9.17, 15) is 14.0 Å². The highest BCUT2D eigenvalue weighted by atomic mass is 19.1. The number of carboxylic acid groups (broad SMARTS) is 1. The van der Waals surface area contributed by atoms with Crippen molar-refractivity contribution < 1.29 is 19.1 Å². The molecule has 0 aliphatic rings. The topological polar surface area (TPSA) is 99.2 Å². The van der Waals surface area contributed by atoms with Gasteiger partial charge in [0.25, 0.3) is 5.91 Å². The van der Waals surface area contributed by atoms with E-state index in [1.54, 1.807) is 0 Å². The molecule has 0 unspecified atom stereocenters. The average molecular weight is 304 g/mol. The van der Waals surface area contributed by atoms with Gasteiger partial charge in [-0.1, -0.05) is 12.1 Å². The maximum Gasteiger partial charge on any atom is 0.305 e. The van der Waals surface area contributed by atoms with E-state index in [1.165, 1.54) is 47.6 Å². The summed E-state index contributed by atoms with van der Waals surface area (Å²) in [5.41, 5.74) is 0.644. The molecule has 0 fully saturated rings. The second-order valence-corrected chi connectivity index (χ2v) is 4.33. The van der Waals surface area contributed by atoms with Gasteiger partial charge in [0, 0.05) is 12.6 Å². The normalized spacial score (nSPS) is 10.8. The maximum absolute atomic E-state index is 12.8. The van der Waals surface area contributed by atoms with Gasteiger partial charge in [-0.3, -0.25) is 14.5 Å². The maximum atomic E-state index is 12.8. The Hall–Kier alpha value is -3.03. The number of carbonyl (C=O) groups excluding carboxylic acids is 1. The molecule has 22 heavy (non-hydrogen) atoms. The molecular formula is C14H13FN4O3. The number of anilines is 1. The van der Waals surface area contributed by atoms with Gasteiger partial charge in [0.2, 0.25) is 5.95 Å². The smallest absolute Gasteiger partial charge is 0.305 e. The number of aromatic nitrogens is 3. The van der Waals surface area contributed by atoms with Crippen LogP contribution in [-0.4, -0.2) is 38.7 Å². The van der Waals surface area contributed by atoms with Gasteiger partial charge >= 0.3 is 5.97 Å². The van der Waals surface area contributed by atoms with E-state index in [-0.39, 0.29) is 24.7 Å². The zero-order valence-corrected chi connectivity index (χ0v) is 11.4. The Bertz CT molecular complexity index is 668. The summed E-state index contributed by atoms with van der Waals surface area (Å²) >= 11 is 0. The van der Waals surface area contributed by atoms with E-state index in [1.807, 2.05) is 0 Å². The molecule has 0 spiro atoms. The molecule has 0 aliphatic heterocycles. The minimum absolute atomic E-state index is 0.0445. The fourth-order valence-electron chi connectivity index (χ4n) is 1.69. The van der Waals surface area contributed by atoms with Crippen molar-refractivity contribution in [1.29, 1.82) is 0 Å². The molecule has 2 aromatic rings. The van der Waals surface area contributed by atoms with Crippen molar-refractivity contribution in [2.75, 3.05) is 11.4 Å². The van der Waals surface area contributed by atoms with Crippen LogP contribution in [0.4, 0.5) is 10.3 Å². The monoisotopic (exact) mass is 304 g/mol. The first-order valence-corrected chi connectivity index (χ1v) is 6.38. The van der Waals surface area contributed by atoms with Gasteiger partial charge in [0.05, 0.1) is 6.42 Å². The SMILES string of the molecule is O=C(O)CCN(C(=O)/C=C/c1ccc(F)cc1)c1ncn[nH]1. The summed E-state index contributed by atoms with van der Waals surface area (Å²) < 4.78 is 12.8. The van der Waals surface area contributed by atoms with Gasteiger partial charge in [-0.05, 0) is 23.8 Å². The van der Waals surface area contributed by atoms with Crippen LogP contribution in [-0.2, 0) is 9.59 Å². The summed E-state index contributed by atoms with van der Waals surface area (Å²) in [5.74, 6) is -1.69. The van der Waals surface area contributed by atoms with E-state index in [4.69, 9.17) is 5.11 Å². The largest absolute Gasteiger partial charge is 0.481 e. The third-order valence-electron chi connectivity index (χ3n) is 2.76. The molecule has 0 saturated heterocycles. The Morgan fingerprint density at radius 1 is 1.32 bits per heavy atom. The molecule has 0 bridgehead atoms. The molecule has 8 heteroatoms. The summed E-state index contributed by atoms with van der Waals surface area (Å²) in [5, 5.41) is 14.9. The number of aromatic amines is 1. The summed E-state index contributed by atoms with van der Waals surface area (Å²) in [6.45, 7) is -0.0445. The molecule has 1 aromatic carbocycles. The molecule has 0 atom stereocenters. The van der Waals surface area contributed by atoms with E-state index in [0.29, 0.717) is 5.56 Å². The second kappa shape index (κ2) is 7.11. The predicted octanol–water partition coefficient (Wildman–Crippen LogP) is 1.46. The molecule has 2 N–H and O–H groups in total. The standard InChI is InChI=1S/C14H13FN4O3/c15-11-4-1-10(2-5-11)3-6-12(20)19(8-7-13(21)22)14-16-9-17-18-14/h1-6,9H,7-8H2,(H,21,22)(H,16,17,18)/b6-3+. The molecule has 0 radical (unpaired) electrons. The quantitative estimate of drug-likeness (QED) is 0.787. The Morgan fingerprint density at radius 2 is 2.05 bits per heavy atom. The van der Waals surface area contributed by atoms with Crippen LogP contribution in [0.25, 0.3) is 6.08 Å². The summed E-state index contributed by atoms with van der Waals surface area (Å²) in [7, 11) is 0. The molecule has 0 saturated carbocycles. The van der Waals surface area contributed by atoms with Gasteiger partial charge in [0.1, 0.15) is 12.1 Å². The van der Waals surface area contributed by atoms with Gasteiger partial charge in [0.15, 0.2) is 0 Å². The number of carbonyl (C=O) groups is 2. The van der Waals surface area contributed by atoms with Crippen LogP contribution in [0.5, 0.6) is 0 Å². The number of H-pyrrole nitrogens is 1. The lowest BCUT2D eigenvalue weighted by atomic mass is 10.2. The number of nitrogens with zero attached hydrogens (tertiary/aromatic N) is 3. The zero-order chi connectivity index (χ0) is 15.9. The number of carboxylic acids is 1. The number of rotatable bonds is 6. The van der Waals surface area contributed by atoms with E-state index in [0.717, 1.165) is 0 Å². The lowest BCUT2D eigenvalue weighted by molar-refractivity contribution is -0.136. The highest BCUT2D eigenvalue weighted by Crippen LogP contribution is 2.09. The van der Waals surface area contributed by atoms with E-state index in [2.05, 4.69) is 15.2 Å². The van der Waals surface area contributed by atoms with Gasteiger partial charge in [-0.2, -0.15) is 10.1 Å². The molecule has 1 amide bonds. The number of hydrogen-bond acceptors (Lipinski definition) is 4. The van der Waals surface area contributed by atoms with Crippen molar-refractivity contribution in [3.05, 3.63) is 48.0 Å². The summed E-state index contributed by atoms with van der Waals surface area (Å²) in [4.78, 5) is 27.9. The minimum Gasteiger partial charge on any atom is -0.481 e. The second-order valence-electron chi connectivity index (χ2n) is 4.33. The fraction of sp³-hybridized carbons (Fsp3) is 0.143. The third kappa shape index (κ3) is 4.23. The first kappa shape index (κ1) is 15.4. The van der Waals surface area contributed by atoms with Crippen LogP contribution in [0.1, 0.15) is 12.0 Å². The Morgan fingerprint density at radius 3 is 2.64 bits per heavy atom. The van der Waals surface area contributed by atoms with E-state index >= 15 is 0 Å². The molecule has 0 aliphatic carbocycles. The minimum atomic E-state index is -1.03. The Labute approximate surface area is 125 Å². The fourth-order valence-corrected chi connectivity index (χ4v) is 1.69. The van der Waals surface area contributed by atoms with Crippen LogP contribution >= 0.6 is 0 Å². The molecule has 114 valence electrons. The first-order valence-electron chi connectivity index (χ1n) is 6.38. The highest BCUT2D eigenvalue weighted by Gasteiger charge is 2.17. The number of benzene rings is 1. The van der Waals surface area contributed by atoms with Crippen molar-refractivity contribution in [3.63, 3.8) is 0 Å². The van der Waals surface area contributed by atoms with Crippen LogP contribution in [0.2, 0.25) is 0 Å². The predicted molar refractivity (Wildman–Crippen MR) is 76.4 cm³/mol. The van der Waals surface area contributed by atoms with Crippen molar-refractivity contribution in [1.82, 2.24) is 15.2 Å². The lowest BCUT2D eigenvalue weighted by Gasteiger charge is -2.16. The zero-order valence-electron chi connectivity index (χ0n) is 11.4. The molecule has 1 heterocycles. The van der Waals surface area contributed by atoms with Crippen LogP contribution in [0.3, 0.4) is 0 Å². The number of hydrogen-bond donors (Lipinski definition) is 2. The lowest BCUT2D eigenvalue weighted by Crippen LogP contribution is -2.32. The van der Waals surface area contributed by atoms with Crippen LogP contribution in [0.15, 0.2) is 36.7 Å². The summed E-state index contributed by atoms with van der Waals surface area (Å²) in [6, 6.07) is 5.61. The molecular weight excluding hydrogens is 291 g/mol. The molecule has 2 rings (SSSR count). The van der Waals surface area contributed by atoms with Crippen molar-refractivity contribution in [3.8, 4) is 0 Å². The summed E-state index contributed by atoms with van der Waals surface area (Å²) in [6.07, 6.45) is 3.76. The average Bonchev–Trinajstić information content (AvgIpc) is 3.00. The highest BCUT2D eigenvalue weighted by molar-refractivity contribution is 6.02. The van der Waals surface area contributed by atoms with Gasteiger partial charge < -0.3 is 5.11 Å². The number of halogens is 1. The molecule has 1 aromatic heterocycles. The van der Waals surface area contributed by atoms with Crippen LogP contribution < -0.4 is 4.90 Å². The first-order chi connectivity index (χ1) is 10.6. The number of amides is 1. The van der Waals surface area contributed by atoms with Crippen LogP contribution in [0, 0.1) is 5.82 Å². The van der Waals surface area contributed by atoms with Crippen molar-refractivity contribution in [2.24, 2.45) is 0 Å². The Kier molecular flexibility index (Phi) is 4.97.